The molecule has 1 atom stereocenters. The van der Waals surface area contributed by atoms with Gasteiger partial charge < -0.3 is 19.4 Å². The number of nitrogens with zero attached hydrogens (tertiary/aromatic N) is 2. The molecule has 1 unspecified atom stereocenters. The van der Waals surface area contributed by atoms with E-state index in [1.807, 2.05) is 22.9 Å². The molecule has 1 aromatic carbocycles. The smallest absolute Gasteiger partial charge is 0.207 e. The van der Waals surface area contributed by atoms with Gasteiger partial charge in [0.25, 0.3) is 0 Å². The largest absolute Gasteiger partial charge is 0.495 e. The summed E-state index contributed by atoms with van der Waals surface area (Å²) in [7, 11) is 3.27. The molecule has 0 saturated heterocycles. The SMILES string of the molecule is COCC(C)n1ccnc1Nc1ccc(Cl)c(OC)c1. The summed E-state index contributed by atoms with van der Waals surface area (Å²) < 4.78 is 12.4. The van der Waals surface area contributed by atoms with Crippen molar-refractivity contribution in [2.45, 2.75) is 13.0 Å². The quantitative estimate of drug-likeness (QED) is 0.886. The Balaban J connectivity index is 2.20. The minimum atomic E-state index is 0.194. The summed E-state index contributed by atoms with van der Waals surface area (Å²) in [5, 5.41) is 3.83. The van der Waals surface area contributed by atoms with Crippen LogP contribution in [0.3, 0.4) is 0 Å². The molecular weight excluding hydrogens is 278 g/mol. The highest BCUT2D eigenvalue weighted by molar-refractivity contribution is 6.32. The van der Waals surface area contributed by atoms with Crippen LogP contribution in [-0.4, -0.2) is 30.4 Å². The van der Waals surface area contributed by atoms with Crippen molar-refractivity contribution in [1.82, 2.24) is 9.55 Å². The summed E-state index contributed by atoms with van der Waals surface area (Å²) in [5.41, 5.74) is 0.864. The molecule has 0 fully saturated rings. The number of nitrogens with one attached hydrogen (secondary N) is 1. The van der Waals surface area contributed by atoms with Crippen LogP contribution < -0.4 is 10.1 Å². The van der Waals surface area contributed by atoms with Gasteiger partial charge in [-0.25, -0.2) is 4.98 Å². The van der Waals surface area contributed by atoms with Crippen molar-refractivity contribution in [1.29, 1.82) is 0 Å². The molecule has 2 rings (SSSR count). The predicted molar refractivity (Wildman–Crippen MR) is 80.1 cm³/mol. The Hall–Kier alpha value is -1.72. The first-order valence-corrected chi connectivity index (χ1v) is 6.66. The monoisotopic (exact) mass is 295 g/mol. The molecule has 0 saturated carbocycles. The van der Waals surface area contributed by atoms with Crippen LogP contribution in [0.15, 0.2) is 30.6 Å². The number of hydrogen-bond donors (Lipinski definition) is 1. The number of hydrogen-bond acceptors (Lipinski definition) is 4. The van der Waals surface area contributed by atoms with E-state index in [2.05, 4.69) is 17.2 Å². The second-order valence-corrected chi connectivity index (χ2v) is 4.84. The molecule has 2 aromatic rings. The Morgan fingerprint density at radius 2 is 2.20 bits per heavy atom. The zero-order valence-corrected chi connectivity index (χ0v) is 12.5. The van der Waals surface area contributed by atoms with Gasteiger partial charge >= 0.3 is 0 Å². The van der Waals surface area contributed by atoms with Crippen molar-refractivity contribution in [3.05, 3.63) is 35.6 Å². The van der Waals surface area contributed by atoms with Gasteiger partial charge in [0, 0.05) is 31.3 Å². The van der Waals surface area contributed by atoms with E-state index in [-0.39, 0.29) is 6.04 Å². The normalized spacial score (nSPS) is 12.2. The number of aromatic nitrogens is 2. The maximum absolute atomic E-state index is 6.01. The van der Waals surface area contributed by atoms with Gasteiger partial charge in [0.2, 0.25) is 5.95 Å². The summed E-state index contributed by atoms with van der Waals surface area (Å²) in [5.74, 6) is 1.37. The van der Waals surface area contributed by atoms with E-state index < -0.39 is 0 Å². The number of rotatable bonds is 6. The predicted octanol–water partition coefficient (Wildman–Crippen LogP) is 3.50. The Morgan fingerprint density at radius 1 is 1.40 bits per heavy atom. The molecule has 5 nitrogen and oxygen atoms in total. The van der Waals surface area contributed by atoms with E-state index in [0.29, 0.717) is 17.4 Å². The maximum atomic E-state index is 6.01. The zero-order chi connectivity index (χ0) is 14.5. The highest BCUT2D eigenvalue weighted by Crippen LogP contribution is 2.29. The zero-order valence-electron chi connectivity index (χ0n) is 11.8. The first-order chi connectivity index (χ1) is 9.65. The first kappa shape index (κ1) is 14.7. The number of ether oxygens (including phenoxy) is 2. The van der Waals surface area contributed by atoms with Gasteiger partial charge in [-0.3, -0.25) is 0 Å². The van der Waals surface area contributed by atoms with Crippen LogP contribution in [-0.2, 0) is 4.74 Å². The Bertz CT molecular complexity index is 571. The van der Waals surface area contributed by atoms with Crippen molar-refractivity contribution < 1.29 is 9.47 Å². The number of methoxy groups -OCH3 is 2. The van der Waals surface area contributed by atoms with Crippen molar-refractivity contribution in [3.8, 4) is 5.75 Å². The number of benzene rings is 1. The highest BCUT2D eigenvalue weighted by atomic mass is 35.5. The minimum absolute atomic E-state index is 0.194. The second-order valence-electron chi connectivity index (χ2n) is 4.44. The Kier molecular flexibility index (Phi) is 4.87. The van der Waals surface area contributed by atoms with Gasteiger partial charge in [-0.15, -0.1) is 0 Å². The van der Waals surface area contributed by atoms with Gasteiger partial charge in [0.1, 0.15) is 5.75 Å². The fraction of sp³-hybridized carbons (Fsp3) is 0.357. The topological polar surface area (TPSA) is 48.3 Å². The Morgan fingerprint density at radius 3 is 2.90 bits per heavy atom. The standard InChI is InChI=1S/C14H18ClN3O2/c1-10(9-19-2)18-7-6-16-14(18)17-11-4-5-12(15)13(8-11)20-3/h4-8,10H,9H2,1-3H3,(H,16,17). The lowest BCUT2D eigenvalue weighted by Gasteiger charge is -2.16. The summed E-state index contributed by atoms with van der Waals surface area (Å²) in [6, 6.07) is 5.70. The lowest BCUT2D eigenvalue weighted by molar-refractivity contribution is 0.163. The first-order valence-electron chi connectivity index (χ1n) is 6.28. The summed E-state index contributed by atoms with van der Waals surface area (Å²) in [6.07, 6.45) is 3.67. The fourth-order valence-electron chi connectivity index (χ4n) is 1.95. The molecule has 6 heteroatoms. The van der Waals surface area contributed by atoms with E-state index in [1.54, 1.807) is 26.5 Å². The third kappa shape index (κ3) is 3.23. The van der Waals surface area contributed by atoms with Crippen molar-refractivity contribution >= 4 is 23.2 Å². The fourth-order valence-corrected chi connectivity index (χ4v) is 2.15. The third-order valence-corrected chi connectivity index (χ3v) is 3.27. The maximum Gasteiger partial charge on any atom is 0.207 e. The third-order valence-electron chi connectivity index (χ3n) is 2.96. The molecule has 1 aromatic heterocycles. The van der Waals surface area contributed by atoms with Crippen LogP contribution >= 0.6 is 11.6 Å². The van der Waals surface area contributed by atoms with Gasteiger partial charge in [-0.05, 0) is 19.1 Å². The van der Waals surface area contributed by atoms with Crippen LogP contribution in [0, 0.1) is 0 Å². The average molecular weight is 296 g/mol. The number of imidazole rings is 1. The lowest BCUT2D eigenvalue weighted by Crippen LogP contribution is -2.12. The van der Waals surface area contributed by atoms with E-state index >= 15 is 0 Å². The van der Waals surface area contributed by atoms with E-state index in [0.717, 1.165) is 11.6 Å². The molecule has 0 aliphatic carbocycles. The van der Waals surface area contributed by atoms with Gasteiger partial charge in [0.15, 0.2) is 0 Å². The summed E-state index contributed by atoms with van der Waals surface area (Å²) in [4.78, 5) is 4.32. The van der Waals surface area contributed by atoms with Crippen LogP contribution in [0.1, 0.15) is 13.0 Å². The molecular formula is C14H18ClN3O2. The molecule has 0 aliphatic heterocycles. The van der Waals surface area contributed by atoms with Crippen LogP contribution in [0.25, 0.3) is 0 Å². The van der Waals surface area contributed by atoms with Gasteiger partial charge in [0.05, 0.1) is 24.8 Å². The average Bonchev–Trinajstić information content (AvgIpc) is 2.89. The lowest BCUT2D eigenvalue weighted by atomic mass is 10.3. The van der Waals surface area contributed by atoms with E-state index in [1.165, 1.54) is 0 Å². The van der Waals surface area contributed by atoms with Crippen LogP contribution in [0.2, 0.25) is 5.02 Å². The molecule has 108 valence electrons. The highest BCUT2D eigenvalue weighted by Gasteiger charge is 2.10. The molecule has 0 bridgehead atoms. The van der Waals surface area contributed by atoms with Crippen LogP contribution in [0.4, 0.5) is 11.6 Å². The van der Waals surface area contributed by atoms with E-state index in [4.69, 9.17) is 21.1 Å². The molecule has 0 spiro atoms. The van der Waals surface area contributed by atoms with Crippen molar-refractivity contribution in [2.75, 3.05) is 26.1 Å². The summed E-state index contributed by atoms with van der Waals surface area (Å²) >= 11 is 6.01. The Labute approximate surface area is 123 Å². The van der Waals surface area contributed by atoms with Crippen molar-refractivity contribution in [2.24, 2.45) is 0 Å². The number of halogens is 1. The second kappa shape index (κ2) is 6.63. The number of anilines is 2. The molecule has 0 amide bonds. The molecule has 0 radical (unpaired) electrons. The summed E-state index contributed by atoms with van der Waals surface area (Å²) in [6.45, 7) is 2.69. The van der Waals surface area contributed by atoms with Gasteiger partial charge in [-0.2, -0.15) is 0 Å². The van der Waals surface area contributed by atoms with Crippen LogP contribution in [0.5, 0.6) is 5.75 Å². The molecule has 0 aliphatic rings. The van der Waals surface area contributed by atoms with E-state index in [9.17, 15) is 0 Å². The minimum Gasteiger partial charge on any atom is -0.495 e. The van der Waals surface area contributed by atoms with Gasteiger partial charge in [-0.1, -0.05) is 11.6 Å². The molecule has 1 N–H and O–H groups in total. The van der Waals surface area contributed by atoms with Crippen molar-refractivity contribution in [3.63, 3.8) is 0 Å². The molecule has 1 heterocycles. The molecule has 20 heavy (non-hydrogen) atoms.